The number of rotatable bonds is 13. The maximum atomic E-state index is 7.16. The predicted molar refractivity (Wildman–Crippen MR) is 170 cm³/mol. The fraction of sp³-hybridized carbons (Fsp3) is 0.714. The molecule has 7 heteroatoms. The third kappa shape index (κ3) is 9.34. The average Bonchev–Trinajstić information content (AvgIpc) is 3.29. The summed E-state index contributed by atoms with van der Waals surface area (Å²) in [4.78, 5) is 0. The van der Waals surface area contributed by atoms with Gasteiger partial charge in [-0.15, -0.1) is 12.3 Å². The van der Waals surface area contributed by atoms with Crippen molar-refractivity contribution in [3.05, 3.63) is 42.2 Å². The summed E-state index contributed by atoms with van der Waals surface area (Å²) in [7, 11) is -2.05. The van der Waals surface area contributed by atoms with Crippen molar-refractivity contribution in [1.29, 1.82) is 0 Å². The van der Waals surface area contributed by atoms with Gasteiger partial charge in [0.1, 0.15) is 11.5 Å². The fourth-order valence-corrected chi connectivity index (χ4v) is 7.41. The van der Waals surface area contributed by atoms with Gasteiger partial charge in [-0.25, -0.2) is 0 Å². The van der Waals surface area contributed by atoms with Crippen molar-refractivity contribution in [2.45, 2.75) is 128 Å². The van der Waals surface area contributed by atoms with E-state index in [1.807, 2.05) is 30.3 Å². The molecule has 1 aromatic carbocycles. The van der Waals surface area contributed by atoms with Gasteiger partial charge in [-0.3, -0.25) is 0 Å². The lowest BCUT2D eigenvalue weighted by Gasteiger charge is -2.40. The van der Waals surface area contributed by atoms with Gasteiger partial charge in [-0.05, 0) is 87.2 Å². The number of terminal acetylenes is 1. The highest BCUT2D eigenvalue weighted by molar-refractivity contribution is 6.74. The standard InChI is InChI=1S/C35H54O6Si/c1-7-8-19-28-30(41-42(5,6)35(2,3)4)26-31(40-33-22-13-15-24-38-33)34(28)29(39-32-21-12-14-23-37-32)20-16-25-36-27-17-10-9-11-18-27/h1,9-11,17-18,20,28,30-34H,8,12-16,19,21-26H2,2-6H3/t28-,30-,31+,32?,33?,34-/m1/s1. The SMILES string of the molecule is C#CCC[C@H]1[C@H](C(=CCCOc2ccccc2)OC2CCCCO2)[C@@H](OC2CCCCO2)C[C@H]1O[Si](C)(C)C(C)(C)C. The van der Waals surface area contributed by atoms with E-state index in [9.17, 15) is 0 Å². The van der Waals surface area contributed by atoms with Crippen LogP contribution in [0.2, 0.25) is 18.1 Å². The lowest BCUT2D eigenvalue weighted by Crippen LogP contribution is -2.45. The highest BCUT2D eigenvalue weighted by Gasteiger charge is 2.51. The van der Waals surface area contributed by atoms with E-state index in [2.05, 4.69) is 45.9 Å². The molecule has 2 saturated heterocycles. The number of hydrogen-bond acceptors (Lipinski definition) is 6. The molecule has 6 nitrogen and oxygen atoms in total. The van der Waals surface area contributed by atoms with Crippen molar-refractivity contribution in [1.82, 2.24) is 0 Å². The Balaban J connectivity index is 1.63. The minimum atomic E-state index is -2.05. The first-order valence-corrected chi connectivity index (χ1v) is 19.1. The number of ether oxygens (including phenoxy) is 5. The summed E-state index contributed by atoms with van der Waals surface area (Å²) in [6, 6.07) is 9.96. The van der Waals surface area contributed by atoms with E-state index in [1.54, 1.807) is 0 Å². The zero-order valence-corrected chi connectivity index (χ0v) is 27.6. The highest BCUT2D eigenvalue weighted by Crippen LogP contribution is 2.48. The zero-order chi connectivity index (χ0) is 30.0. The van der Waals surface area contributed by atoms with Crippen LogP contribution in [0.5, 0.6) is 5.75 Å². The Hall–Kier alpha value is -1.82. The first kappa shape index (κ1) is 33.1. The van der Waals surface area contributed by atoms with Crippen molar-refractivity contribution in [3.63, 3.8) is 0 Å². The third-order valence-corrected chi connectivity index (χ3v) is 13.9. The minimum Gasteiger partial charge on any atom is -0.493 e. The Bertz CT molecular complexity index is 1000. The van der Waals surface area contributed by atoms with Crippen LogP contribution in [0.1, 0.15) is 85.0 Å². The third-order valence-electron chi connectivity index (χ3n) is 9.35. The first-order chi connectivity index (χ1) is 20.2. The molecule has 2 heterocycles. The average molecular weight is 599 g/mol. The van der Waals surface area contributed by atoms with Crippen LogP contribution in [0.15, 0.2) is 42.2 Å². The van der Waals surface area contributed by atoms with Crippen LogP contribution in [-0.4, -0.2) is 52.9 Å². The molecule has 0 aromatic heterocycles. The van der Waals surface area contributed by atoms with Crippen molar-refractivity contribution in [2.24, 2.45) is 11.8 Å². The topological polar surface area (TPSA) is 55.4 Å². The molecule has 6 atom stereocenters. The summed E-state index contributed by atoms with van der Waals surface area (Å²) in [5.41, 5.74) is 0. The number of hydrogen-bond donors (Lipinski definition) is 0. The molecular weight excluding hydrogens is 544 g/mol. The molecule has 3 aliphatic rings. The summed E-state index contributed by atoms with van der Waals surface area (Å²) < 4.78 is 39.0. The molecule has 4 rings (SSSR count). The summed E-state index contributed by atoms with van der Waals surface area (Å²) in [5, 5.41) is 0.102. The Morgan fingerprint density at radius 3 is 2.31 bits per heavy atom. The van der Waals surface area contributed by atoms with Crippen LogP contribution >= 0.6 is 0 Å². The van der Waals surface area contributed by atoms with E-state index in [-0.39, 0.29) is 41.7 Å². The van der Waals surface area contributed by atoms with Gasteiger partial charge in [0.25, 0.3) is 0 Å². The fourth-order valence-electron chi connectivity index (χ4n) is 6.02. The summed E-state index contributed by atoms with van der Waals surface area (Å²) in [5.74, 6) is 4.88. The van der Waals surface area contributed by atoms with Crippen molar-refractivity contribution in [3.8, 4) is 18.1 Å². The lowest BCUT2D eigenvalue weighted by molar-refractivity contribution is -0.201. The molecule has 0 N–H and O–H groups in total. The molecule has 2 unspecified atom stereocenters. The normalized spacial score (nSPS) is 29.2. The lowest BCUT2D eigenvalue weighted by atomic mass is 9.87. The Labute approximate surface area is 255 Å². The zero-order valence-electron chi connectivity index (χ0n) is 26.6. The second-order valence-corrected chi connectivity index (χ2v) is 18.3. The molecular formula is C35H54O6Si. The van der Waals surface area contributed by atoms with Gasteiger partial charge in [-0.1, -0.05) is 39.0 Å². The largest absolute Gasteiger partial charge is 0.493 e. The van der Waals surface area contributed by atoms with Gasteiger partial charge in [-0.2, -0.15) is 0 Å². The molecule has 1 aliphatic carbocycles. The van der Waals surface area contributed by atoms with Crippen LogP contribution < -0.4 is 4.74 Å². The van der Waals surface area contributed by atoms with Crippen LogP contribution in [0.4, 0.5) is 0 Å². The predicted octanol–water partition coefficient (Wildman–Crippen LogP) is 8.23. The van der Waals surface area contributed by atoms with E-state index >= 15 is 0 Å². The molecule has 1 saturated carbocycles. The molecule has 0 radical (unpaired) electrons. The van der Waals surface area contributed by atoms with E-state index in [0.717, 1.165) is 82.5 Å². The quantitative estimate of drug-likeness (QED) is 0.0987. The maximum Gasteiger partial charge on any atom is 0.199 e. The van der Waals surface area contributed by atoms with Gasteiger partial charge in [0.05, 0.1) is 25.4 Å². The van der Waals surface area contributed by atoms with E-state index in [0.29, 0.717) is 13.0 Å². The van der Waals surface area contributed by atoms with E-state index in [4.69, 9.17) is 34.5 Å². The van der Waals surface area contributed by atoms with Crippen LogP contribution in [0.25, 0.3) is 0 Å². The summed E-state index contributed by atoms with van der Waals surface area (Å²) in [6.45, 7) is 13.6. The van der Waals surface area contributed by atoms with E-state index in [1.165, 1.54) is 0 Å². The summed E-state index contributed by atoms with van der Waals surface area (Å²) >= 11 is 0. The maximum absolute atomic E-state index is 7.16. The monoisotopic (exact) mass is 598 g/mol. The molecule has 3 fully saturated rings. The van der Waals surface area contributed by atoms with Gasteiger partial charge in [0, 0.05) is 31.8 Å². The second-order valence-electron chi connectivity index (χ2n) is 13.5. The van der Waals surface area contributed by atoms with Crippen LogP contribution in [0, 0.1) is 24.2 Å². The second kappa shape index (κ2) is 15.8. The molecule has 0 amide bonds. The highest BCUT2D eigenvalue weighted by atomic mass is 28.4. The van der Waals surface area contributed by atoms with E-state index < -0.39 is 8.32 Å². The first-order valence-electron chi connectivity index (χ1n) is 16.2. The van der Waals surface area contributed by atoms with Crippen LogP contribution in [-0.2, 0) is 23.4 Å². The van der Waals surface area contributed by atoms with Gasteiger partial charge < -0.3 is 28.1 Å². The number of benzene rings is 1. The van der Waals surface area contributed by atoms with Crippen molar-refractivity contribution >= 4 is 8.32 Å². The molecule has 0 spiro atoms. The van der Waals surface area contributed by atoms with Crippen molar-refractivity contribution < 1.29 is 28.1 Å². The molecule has 1 aromatic rings. The van der Waals surface area contributed by atoms with Crippen molar-refractivity contribution in [2.75, 3.05) is 19.8 Å². The van der Waals surface area contributed by atoms with Gasteiger partial charge in [0.15, 0.2) is 20.9 Å². The number of para-hydroxylation sites is 1. The Morgan fingerprint density at radius 2 is 1.69 bits per heavy atom. The minimum absolute atomic E-state index is 0.000830. The Kier molecular flexibility index (Phi) is 12.4. The molecule has 2 aliphatic heterocycles. The molecule has 42 heavy (non-hydrogen) atoms. The molecule has 234 valence electrons. The smallest absolute Gasteiger partial charge is 0.199 e. The van der Waals surface area contributed by atoms with Gasteiger partial charge >= 0.3 is 0 Å². The van der Waals surface area contributed by atoms with Crippen LogP contribution in [0.3, 0.4) is 0 Å². The Morgan fingerprint density at radius 1 is 1.00 bits per heavy atom. The molecule has 0 bridgehead atoms. The summed E-state index contributed by atoms with van der Waals surface area (Å²) in [6.07, 6.45) is 16.8. The van der Waals surface area contributed by atoms with Gasteiger partial charge in [0.2, 0.25) is 0 Å².